The van der Waals surface area contributed by atoms with Crippen molar-refractivity contribution in [2.24, 2.45) is 0 Å². The lowest BCUT2D eigenvalue weighted by atomic mass is 10.4. The molecule has 2 amide bonds. The topological polar surface area (TPSA) is 35.6 Å². The van der Waals surface area contributed by atoms with E-state index in [9.17, 15) is 18.0 Å². The zero-order valence-corrected chi connectivity index (χ0v) is 8.42. The Bertz CT molecular complexity index is 221. The van der Waals surface area contributed by atoms with E-state index >= 15 is 0 Å². The Hall–Kier alpha value is -0.980. The zero-order valence-electron chi connectivity index (χ0n) is 8.42. The van der Waals surface area contributed by atoms with E-state index in [1.54, 1.807) is 0 Å². The third-order valence-electron chi connectivity index (χ3n) is 2.27. The molecule has 1 aliphatic rings. The molecule has 0 saturated carbocycles. The third-order valence-corrected chi connectivity index (χ3v) is 2.27. The van der Waals surface area contributed by atoms with Gasteiger partial charge in [0, 0.05) is 33.2 Å². The van der Waals surface area contributed by atoms with E-state index < -0.39 is 18.8 Å². The van der Waals surface area contributed by atoms with E-state index in [-0.39, 0.29) is 0 Å². The van der Waals surface area contributed by atoms with Crippen LogP contribution in [-0.2, 0) is 0 Å². The Balaban J connectivity index is 2.50. The molecule has 1 N–H and O–H groups in total. The summed E-state index contributed by atoms with van der Waals surface area (Å²) in [5, 5.41) is 3.01. The molecule has 7 heteroatoms. The highest BCUT2D eigenvalue weighted by Crippen LogP contribution is 2.12. The molecule has 0 radical (unpaired) electrons. The minimum absolute atomic E-state index is 0.416. The monoisotopic (exact) mass is 225 g/mol. The fourth-order valence-corrected chi connectivity index (χ4v) is 1.35. The molecule has 15 heavy (non-hydrogen) atoms. The molecule has 1 unspecified atom stereocenters. The van der Waals surface area contributed by atoms with E-state index in [2.05, 4.69) is 5.32 Å². The van der Waals surface area contributed by atoms with Crippen molar-refractivity contribution < 1.29 is 18.0 Å². The SMILES string of the molecule is CN(C(=O)N1CCNCC1)C(F)C(F)F. The first-order chi connectivity index (χ1) is 7.04. The first kappa shape index (κ1) is 12.1. The van der Waals surface area contributed by atoms with E-state index in [0.717, 1.165) is 7.05 Å². The van der Waals surface area contributed by atoms with Crippen LogP contribution in [0, 0.1) is 0 Å². The summed E-state index contributed by atoms with van der Waals surface area (Å²) < 4.78 is 36.9. The molecule has 1 saturated heterocycles. The predicted octanol–water partition coefficient (Wildman–Crippen LogP) is 0.504. The second kappa shape index (κ2) is 5.20. The van der Waals surface area contributed by atoms with Crippen molar-refractivity contribution in [2.75, 3.05) is 33.2 Å². The summed E-state index contributed by atoms with van der Waals surface area (Å²) in [4.78, 5) is 13.3. The van der Waals surface area contributed by atoms with Gasteiger partial charge in [-0.2, -0.15) is 0 Å². The first-order valence-electron chi connectivity index (χ1n) is 4.68. The highest BCUT2D eigenvalue weighted by Gasteiger charge is 2.30. The Kier molecular flexibility index (Phi) is 4.19. The number of piperazine rings is 1. The van der Waals surface area contributed by atoms with E-state index in [0.29, 0.717) is 31.1 Å². The maximum atomic E-state index is 12.8. The number of carbonyl (C=O) groups is 1. The normalized spacial score (nSPS) is 19.1. The highest BCUT2D eigenvalue weighted by molar-refractivity contribution is 5.74. The lowest BCUT2D eigenvalue weighted by Gasteiger charge is -2.32. The third kappa shape index (κ3) is 2.98. The van der Waals surface area contributed by atoms with E-state index in [4.69, 9.17) is 0 Å². The average Bonchev–Trinajstić information content (AvgIpc) is 2.27. The van der Waals surface area contributed by atoms with Crippen LogP contribution < -0.4 is 5.32 Å². The van der Waals surface area contributed by atoms with Crippen LogP contribution in [0.3, 0.4) is 0 Å². The number of halogens is 3. The minimum atomic E-state index is -3.16. The van der Waals surface area contributed by atoms with Gasteiger partial charge in [-0.1, -0.05) is 0 Å². The van der Waals surface area contributed by atoms with Crippen LogP contribution in [0.5, 0.6) is 0 Å². The lowest BCUT2D eigenvalue weighted by molar-refractivity contribution is -0.0255. The van der Waals surface area contributed by atoms with Crippen LogP contribution in [0.2, 0.25) is 0 Å². The van der Waals surface area contributed by atoms with E-state index in [1.165, 1.54) is 4.90 Å². The average molecular weight is 225 g/mol. The standard InChI is InChI=1S/C8H14F3N3O/c1-13(7(11)6(9)10)8(15)14-4-2-12-3-5-14/h6-7,12H,2-5H2,1H3. The van der Waals surface area contributed by atoms with Gasteiger partial charge in [0.15, 0.2) is 0 Å². The van der Waals surface area contributed by atoms with Crippen LogP contribution in [0.15, 0.2) is 0 Å². The molecule has 1 aliphatic heterocycles. The van der Waals surface area contributed by atoms with Crippen molar-refractivity contribution in [2.45, 2.75) is 12.7 Å². The van der Waals surface area contributed by atoms with Gasteiger partial charge in [-0.05, 0) is 0 Å². The highest BCUT2D eigenvalue weighted by atomic mass is 19.3. The molecular weight excluding hydrogens is 211 g/mol. The van der Waals surface area contributed by atoms with Crippen LogP contribution in [0.25, 0.3) is 0 Å². The second-order valence-corrected chi connectivity index (χ2v) is 3.34. The molecule has 0 spiro atoms. The molecule has 1 atom stereocenters. The van der Waals surface area contributed by atoms with Gasteiger partial charge in [0.1, 0.15) is 0 Å². The number of hydrogen-bond donors (Lipinski definition) is 1. The summed E-state index contributed by atoms with van der Waals surface area (Å²) in [7, 11) is 1.04. The largest absolute Gasteiger partial charge is 0.322 e. The number of rotatable bonds is 2. The summed E-state index contributed by atoms with van der Waals surface area (Å²) in [6, 6.07) is -0.690. The number of alkyl halides is 3. The van der Waals surface area contributed by atoms with Crippen LogP contribution >= 0.6 is 0 Å². The van der Waals surface area contributed by atoms with Gasteiger partial charge in [0.2, 0.25) is 6.30 Å². The molecule has 1 rings (SSSR count). The fraction of sp³-hybridized carbons (Fsp3) is 0.875. The van der Waals surface area contributed by atoms with Crippen molar-refractivity contribution in [3.8, 4) is 0 Å². The smallest absolute Gasteiger partial charge is 0.322 e. The van der Waals surface area contributed by atoms with Crippen LogP contribution in [-0.4, -0.2) is 61.8 Å². The molecule has 4 nitrogen and oxygen atoms in total. The molecule has 0 bridgehead atoms. The van der Waals surface area contributed by atoms with Crippen molar-refractivity contribution in [3.05, 3.63) is 0 Å². The van der Waals surface area contributed by atoms with Crippen LogP contribution in [0.1, 0.15) is 0 Å². The second-order valence-electron chi connectivity index (χ2n) is 3.34. The van der Waals surface area contributed by atoms with Gasteiger partial charge in [-0.25, -0.2) is 18.0 Å². The summed E-state index contributed by atoms with van der Waals surface area (Å²) in [6.07, 6.45) is -5.70. The van der Waals surface area contributed by atoms with Gasteiger partial charge in [0.25, 0.3) is 6.43 Å². The number of urea groups is 1. The fourth-order valence-electron chi connectivity index (χ4n) is 1.35. The molecule has 0 aromatic carbocycles. The van der Waals surface area contributed by atoms with Gasteiger partial charge < -0.3 is 10.2 Å². The molecule has 0 aliphatic carbocycles. The molecular formula is C8H14F3N3O. The minimum Gasteiger partial charge on any atom is -0.322 e. The van der Waals surface area contributed by atoms with Crippen molar-refractivity contribution >= 4 is 6.03 Å². The first-order valence-corrected chi connectivity index (χ1v) is 4.68. The Morgan fingerprint density at radius 3 is 2.33 bits per heavy atom. The predicted molar refractivity (Wildman–Crippen MR) is 48.5 cm³/mol. The van der Waals surface area contributed by atoms with Crippen molar-refractivity contribution in [1.29, 1.82) is 0 Å². The molecule has 88 valence electrons. The Morgan fingerprint density at radius 2 is 1.87 bits per heavy atom. The summed E-state index contributed by atoms with van der Waals surface area (Å²) in [5.41, 5.74) is 0. The van der Waals surface area contributed by atoms with Gasteiger partial charge >= 0.3 is 6.03 Å². The van der Waals surface area contributed by atoms with Crippen molar-refractivity contribution in [1.82, 2.24) is 15.1 Å². The lowest BCUT2D eigenvalue weighted by Crippen LogP contribution is -2.53. The maximum Gasteiger partial charge on any atom is 0.322 e. The summed E-state index contributed by atoms with van der Waals surface area (Å²) in [6.45, 7) is 2.04. The quantitative estimate of drug-likeness (QED) is 0.695. The summed E-state index contributed by atoms with van der Waals surface area (Å²) in [5.74, 6) is 0. The number of amides is 2. The maximum absolute atomic E-state index is 12.8. The molecule has 1 fully saturated rings. The van der Waals surface area contributed by atoms with E-state index in [1.807, 2.05) is 0 Å². The van der Waals surface area contributed by atoms with Gasteiger partial charge in [-0.15, -0.1) is 0 Å². The molecule has 0 aromatic heterocycles. The number of hydrogen-bond acceptors (Lipinski definition) is 2. The zero-order chi connectivity index (χ0) is 11.4. The number of nitrogens with zero attached hydrogens (tertiary/aromatic N) is 2. The number of nitrogens with one attached hydrogen (secondary N) is 1. The number of carbonyl (C=O) groups excluding carboxylic acids is 1. The van der Waals surface area contributed by atoms with Gasteiger partial charge in [-0.3, -0.25) is 4.90 Å². The molecule has 0 aromatic rings. The van der Waals surface area contributed by atoms with Gasteiger partial charge in [0.05, 0.1) is 0 Å². The molecule has 1 heterocycles. The van der Waals surface area contributed by atoms with Crippen LogP contribution in [0.4, 0.5) is 18.0 Å². The van der Waals surface area contributed by atoms with Crippen molar-refractivity contribution in [3.63, 3.8) is 0 Å². The Labute approximate surface area is 86.0 Å². The Morgan fingerprint density at radius 1 is 1.33 bits per heavy atom. The summed E-state index contributed by atoms with van der Waals surface area (Å²) >= 11 is 0.